The van der Waals surface area contributed by atoms with Crippen molar-refractivity contribution < 1.29 is 9.13 Å². The van der Waals surface area contributed by atoms with Gasteiger partial charge in [0.1, 0.15) is 11.6 Å². The molecule has 0 bridgehead atoms. The fourth-order valence-electron chi connectivity index (χ4n) is 4.72. The zero-order valence-corrected chi connectivity index (χ0v) is 21.3. The van der Waals surface area contributed by atoms with Crippen LogP contribution in [0.25, 0.3) is 10.9 Å². The highest BCUT2D eigenvalue weighted by atomic mass is 19.1. The highest BCUT2D eigenvalue weighted by Crippen LogP contribution is 2.27. The van der Waals surface area contributed by atoms with Crippen LogP contribution in [-0.4, -0.2) is 37.2 Å². The predicted molar refractivity (Wildman–Crippen MR) is 143 cm³/mol. The maximum atomic E-state index is 13.6. The lowest BCUT2D eigenvalue weighted by atomic mass is 10.1. The second-order valence-corrected chi connectivity index (χ2v) is 9.21. The van der Waals surface area contributed by atoms with E-state index in [1.165, 1.54) is 12.1 Å². The van der Waals surface area contributed by atoms with Gasteiger partial charge < -0.3 is 9.72 Å². The van der Waals surface area contributed by atoms with Gasteiger partial charge in [-0.05, 0) is 64.4 Å². The van der Waals surface area contributed by atoms with Gasteiger partial charge in [0.2, 0.25) is 0 Å². The summed E-state index contributed by atoms with van der Waals surface area (Å²) in [6.07, 6.45) is 0.704. The molecule has 5 aromatic rings. The number of nitrogens with one attached hydrogen (secondary N) is 1. The second kappa shape index (κ2) is 11.4. The van der Waals surface area contributed by atoms with E-state index >= 15 is 0 Å². The van der Waals surface area contributed by atoms with E-state index in [4.69, 9.17) is 4.74 Å². The fourth-order valence-corrected chi connectivity index (χ4v) is 4.72. The molecule has 0 unspecified atom stereocenters. The van der Waals surface area contributed by atoms with Crippen molar-refractivity contribution in [1.29, 1.82) is 0 Å². The second-order valence-electron chi connectivity index (χ2n) is 9.21. The third kappa shape index (κ3) is 5.63. The molecule has 8 nitrogen and oxygen atoms in total. The van der Waals surface area contributed by atoms with Gasteiger partial charge in [0.25, 0.3) is 5.56 Å². The number of rotatable bonds is 10. The van der Waals surface area contributed by atoms with E-state index in [2.05, 4.69) is 32.3 Å². The Labute approximate surface area is 219 Å². The maximum Gasteiger partial charge on any atom is 0.252 e. The van der Waals surface area contributed by atoms with Crippen molar-refractivity contribution in [1.82, 2.24) is 30.1 Å². The third-order valence-electron chi connectivity index (χ3n) is 6.66. The summed E-state index contributed by atoms with van der Waals surface area (Å²) in [5.74, 6) is 1.13. The average molecular weight is 513 g/mol. The molecule has 2 aromatic heterocycles. The normalized spacial score (nSPS) is 12.2. The first kappa shape index (κ1) is 25.3. The number of halogens is 1. The average Bonchev–Trinajstić information content (AvgIpc) is 3.38. The highest BCUT2D eigenvalue weighted by molar-refractivity contribution is 5.80. The first-order valence-electron chi connectivity index (χ1n) is 12.5. The van der Waals surface area contributed by atoms with Crippen molar-refractivity contribution in [2.75, 3.05) is 7.11 Å². The van der Waals surface area contributed by atoms with E-state index < -0.39 is 0 Å². The molecule has 1 N–H and O–H groups in total. The van der Waals surface area contributed by atoms with Crippen molar-refractivity contribution >= 4 is 10.9 Å². The summed E-state index contributed by atoms with van der Waals surface area (Å²) in [7, 11) is 1.61. The largest absolute Gasteiger partial charge is 0.497 e. The Hall–Kier alpha value is -4.37. The molecule has 0 aliphatic rings. The molecular formula is C29H29FN6O2. The number of pyridine rings is 1. The lowest BCUT2D eigenvalue weighted by Gasteiger charge is -2.30. The van der Waals surface area contributed by atoms with Crippen LogP contribution in [0, 0.1) is 5.82 Å². The zero-order valence-electron chi connectivity index (χ0n) is 21.3. The Morgan fingerprint density at radius 1 is 1.00 bits per heavy atom. The van der Waals surface area contributed by atoms with Crippen LogP contribution in [0.1, 0.15) is 41.9 Å². The van der Waals surface area contributed by atoms with Crippen molar-refractivity contribution in [2.24, 2.45) is 0 Å². The maximum absolute atomic E-state index is 13.6. The molecule has 0 aliphatic carbocycles. The lowest BCUT2D eigenvalue weighted by molar-refractivity contribution is 0.161. The summed E-state index contributed by atoms with van der Waals surface area (Å²) in [5.41, 5.74) is 3.19. The van der Waals surface area contributed by atoms with Gasteiger partial charge in [-0.2, -0.15) is 0 Å². The van der Waals surface area contributed by atoms with Gasteiger partial charge in [0, 0.05) is 29.6 Å². The van der Waals surface area contributed by atoms with E-state index in [9.17, 15) is 9.18 Å². The number of ether oxygens (including phenoxy) is 1. The van der Waals surface area contributed by atoms with E-state index in [1.807, 2.05) is 54.6 Å². The topological polar surface area (TPSA) is 88.9 Å². The minimum atomic E-state index is -0.293. The number of aromatic amines is 1. The van der Waals surface area contributed by atoms with Crippen molar-refractivity contribution in [3.05, 3.63) is 118 Å². The quantitative estimate of drug-likeness (QED) is 0.287. The number of H-pyrrole nitrogens is 1. The molecule has 0 fully saturated rings. The van der Waals surface area contributed by atoms with Gasteiger partial charge in [0.15, 0.2) is 5.82 Å². The number of hydrogen-bond acceptors (Lipinski definition) is 6. The molecule has 3 aromatic carbocycles. The summed E-state index contributed by atoms with van der Waals surface area (Å²) in [4.78, 5) is 18.3. The summed E-state index contributed by atoms with van der Waals surface area (Å²) < 4.78 is 20.8. The van der Waals surface area contributed by atoms with Gasteiger partial charge in [-0.25, -0.2) is 9.07 Å². The Balaban J connectivity index is 1.52. The highest BCUT2D eigenvalue weighted by Gasteiger charge is 2.26. The van der Waals surface area contributed by atoms with Gasteiger partial charge >= 0.3 is 0 Å². The van der Waals surface area contributed by atoms with Crippen LogP contribution < -0.4 is 10.3 Å². The molecule has 194 valence electrons. The molecular weight excluding hydrogens is 483 g/mol. The van der Waals surface area contributed by atoms with Crippen molar-refractivity contribution in [3.63, 3.8) is 0 Å². The lowest BCUT2D eigenvalue weighted by Crippen LogP contribution is -2.32. The first-order valence-corrected chi connectivity index (χ1v) is 12.5. The van der Waals surface area contributed by atoms with Crippen molar-refractivity contribution in [2.45, 2.75) is 39.0 Å². The number of fused-ring (bicyclic) bond motifs is 1. The fraction of sp³-hybridized carbons (Fsp3) is 0.241. The summed E-state index contributed by atoms with van der Waals surface area (Å²) in [6.45, 7) is 3.42. The molecule has 9 heteroatoms. The van der Waals surface area contributed by atoms with Gasteiger partial charge in [-0.1, -0.05) is 49.4 Å². The van der Waals surface area contributed by atoms with E-state index in [0.29, 0.717) is 43.2 Å². The van der Waals surface area contributed by atoms with Crippen LogP contribution >= 0.6 is 0 Å². The summed E-state index contributed by atoms with van der Waals surface area (Å²) in [6, 6.07) is 23.7. The molecule has 1 atom stereocenters. The zero-order chi connectivity index (χ0) is 26.5. The van der Waals surface area contributed by atoms with E-state index in [0.717, 1.165) is 22.0 Å². The Bertz CT molecular complexity index is 1570. The number of nitrogens with zero attached hydrogens (tertiary/aromatic N) is 5. The Morgan fingerprint density at radius 3 is 2.53 bits per heavy atom. The molecule has 0 aliphatic heterocycles. The minimum absolute atomic E-state index is 0.162. The van der Waals surface area contributed by atoms with E-state index in [-0.39, 0.29) is 17.4 Å². The Morgan fingerprint density at radius 2 is 1.79 bits per heavy atom. The molecule has 2 heterocycles. The smallest absolute Gasteiger partial charge is 0.252 e. The van der Waals surface area contributed by atoms with Crippen LogP contribution in [0.4, 0.5) is 4.39 Å². The monoisotopic (exact) mass is 512 g/mol. The van der Waals surface area contributed by atoms with Crippen LogP contribution in [-0.2, 0) is 19.6 Å². The predicted octanol–water partition coefficient (Wildman–Crippen LogP) is 4.86. The SMILES string of the molecule is CC[C@H](c1nnnn1Cc1ccccc1)N(Cc1ccc(F)cc1)Cc1cc2cc(OC)ccc2[nH]c1=O. The van der Waals surface area contributed by atoms with Crippen LogP contribution in [0.3, 0.4) is 0 Å². The molecule has 0 saturated carbocycles. The number of aromatic nitrogens is 5. The van der Waals surface area contributed by atoms with Crippen LogP contribution in [0.5, 0.6) is 5.75 Å². The molecule has 0 radical (unpaired) electrons. The van der Waals surface area contributed by atoms with Crippen LogP contribution in [0.2, 0.25) is 0 Å². The summed E-state index contributed by atoms with van der Waals surface area (Å²) in [5, 5.41) is 13.5. The number of methoxy groups -OCH3 is 1. The van der Waals surface area contributed by atoms with Crippen molar-refractivity contribution in [3.8, 4) is 5.75 Å². The molecule has 0 amide bonds. The number of hydrogen-bond donors (Lipinski definition) is 1. The van der Waals surface area contributed by atoms with Gasteiger partial charge in [-0.3, -0.25) is 9.69 Å². The standard InChI is InChI=1S/C29H29FN6O2/c1-3-27(28-32-33-34-36(28)18-20-7-5-4-6-8-20)35(17-21-9-11-24(30)12-10-21)19-23-15-22-16-25(38-2)13-14-26(22)31-29(23)37/h4-16,27H,3,17-19H2,1-2H3,(H,31,37)/t27-/m1/s1. The first-order chi connectivity index (χ1) is 18.5. The molecule has 5 rings (SSSR count). The van der Waals surface area contributed by atoms with E-state index in [1.54, 1.807) is 23.9 Å². The molecule has 38 heavy (non-hydrogen) atoms. The summed E-state index contributed by atoms with van der Waals surface area (Å²) >= 11 is 0. The minimum Gasteiger partial charge on any atom is -0.497 e. The Kier molecular flexibility index (Phi) is 7.55. The molecule has 0 saturated heterocycles. The number of tetrazole rings is 1. The number of benzene rings is 3. The van der Waals surface area contributed by atoms with Crippen LogP contribution in [0.15, 0.2) is 83.7 Å². The van der Waals surface area contributed by atoms with Gasteiger partial charge in [0.05, 0.1) is 19.7 Å². The van der Waals surface area contributed by atoms with Gasteiger partial charge in [-0.15, -0.1) is 5.10 Å². The molecule has 0 spiro atoms. The third-order valence-corrected chi connectivity index (χ3v) is 6.66.